The summed E-state index contributed by atoms with van der Waals surface area (Å²) in [6.07, 6.45) is 0. The van der Waals surface area contributed by atoms with E-state index in [1.807, 2.05) is 0 Å². The van der Waals surface area contributed by atoms with Crippen molar-refractivity contribution in [1.29, 1.82) is 0 Å². The van der Waals surface area contributed by atoms with Crippen LogP contribution in [0.2, 0.25) is 0 Å². The third kappa shape index (κ3) is 1.51. The largest absolute Gasteiger partial charge is 0.351 e. The van der Waals surface area contributed by atoms with Gasteiger partial charge in [0.25, 0.3) is 0 Å². The van der Waals surface area contributed by atoms with Gasteiger partial charge in [-0.2, -0.15) is 0 Å². The van der Waals surface area contributed by atoms with Crippen molar-refractivity contribution < 1.29 is 0 Å². The Labute approximate surface area is 76.5 Å². The fourth-order valence-corrected chi connectivity index (χ4v) is 2.42. The first-order valence-corrected chi connectivity index (χ1v) is 4.65. The molecule has 0 radical (unpaired) electrons. The zero-order chi connectivity index (χ0) is 8.59. The lowest BCUT2D eigenvalue weighted by Crippen LogP contribution is -1.99. The van der Waals surface area contributed by atoms with Gasteiger partial charge in [0.2, 0.25) is 0 Å². The van der Waals surface area contributed by atoms with Gasteiger partial charge in [0, 0.05) is 22.9 Å². The summed E-state index contributed by atoms with van der Waals surface area (Å²) in [4.78, 5) is 0. The van der Waals surface area contributed by atoms with Crippen LogP contribution in [-0.2, 0) is 7.05 Å². The summed E-state index contributed by atoms with van der Waals surface area (Å²) in [5.41, 5.74) is 2.68. The van der Waals surface area contributed by atoms with Gasteiger partial charge in [-0.05, 0) is 34.8 Å². The molecule has 0 amide bonds. The first-order chi connectivity index (χ1) is 5.04. The molecule has 0 fully saturated rings. The van der Waals surface area contributed by atoms with Crippen molar-refractivity contribution >= 4 is 15.9 Å². The Bertz CT molecular complexity index is 261. The molecule has 0 N–H and O–H groups in total. The van der Waals surface area contributed by atoms with Gasteiger partial charge >= 0.3 is 0 Å². The van der Waals surface area contributed by atoms with Crippen LogP contribution in [-0.4, -0.2) is 4.57 Å². The number of hydrogen-bond donors (Lipinski definition) is 0. The minimum atomic E-state index is 0.586. The average Bonchev–Trinajstić information content (AvgIpc) is 2.07. The molecule has 0 spiro atoms. The summed E-state index contributed by atoms with van der Waals surface area (Å²) in [5, 5.41) is 0. The molecule has 0 aliphatic carbocycles. The van der Waals surface area contributed by atoms with Gasteiger partial charge in [-0.15, -0.1) is 0 Å². The molecule has 1 aromatic rings. The van der Waals surface area contributed by atoms with Crippen molar-refractivity contribution in [3.05, 3.63) is 21.9 Å². The van der Waals surface area contributed by atoms with Gasteiger partial charge in [0.05, 0.1) is 0 Å². The summed E-state index contributed by atoms with van der Waals surface area (Å²) in [6, 6.07) is 2.16. The highest BCUT2D eigenvalue weighted by atomic mass is 79.9. The van der Waals surface area contributed by atoms with Crippen LogP contribution < -0.4 is 0 Å². The van der Waals surface area contributed by atoms with E-state index in [9.17, 15) is 0 Å². The van der Waals surface area contributed by atoms with Crippen molar-refractivity contribution in [3.63, 3.8) is 0 Å². The number of rotatable bonds is 1. The van der Waals surface area contributed by atoms with Crippen LogP contribution in [0.3, 0.4) is 0 Å². The molecule has 62 valence electrons. The summed E-state index contributed by atoms with van der Waals surface area (Å²) in [5.74, 6) is 0.586. The van der Waals surface area contributed by atoms with Crippen LogP contribution in [0.1, 0.15) is 31.2 Å². The van der Waals surface area contributed by atoms with Crippen LogP contribution in [0, 0.1) is 6.92 Å². The highest BCUT2D eigenvalue weighted by Crippen LogP contribution is 2.26. The lowest BCUT2D eigenvalue weighted by atomic mass is 10.1. The van der Waals surface area contributed by atoms with E-state index in [0.717, 1.165) is 0 Å². The standard InChI is InChI=1S/C9H14BrN/c1-6(2)9-8(10)5-7(3)11(9)4/h5-6H,1-4H3. The van der Waals surface area contributed by atoms with E-state index in [1.54, 1.807) is 0 Å². The van der Waals surface area contributed by atoms with Gasteiger partial charge in [0.15, 0.2) is 0 Å². The summed E-state index contributed by atoms with van der Waals surface area (Å²) < 4.78 is 3.46. The fraction of sp³-hybridized carbons (Fsp3) is 0.556. The van der Waals surface area contributed by atoms with Gasteiger partial charge in [0.1, 0.15) is 0 Å². The maximum absolute atomic E-state index is 3.55. The Kier molecular flexibility index (Phi) is 2.43. The second-order valence-corrected chi connectivity index (χ2v) is 4.09. The average molecular weight is 216 g/mol. The summed E-state index contributed by atoms with van der Waals surface area (Å²) in [6.45, 7) is 6.54. The minimum Gasteiger partial charge on any atom is -0.351 e. The Morgan fingerprint density at radius 1 is 1.45 bits per heavy atom. The molecule has 1 aromatic heterocycles. The molecule has 11 heavy (non-hydrogen) atoms. The quantitative estimate of drug-likeness (QED) is 0.679. The van der Waals surface area contributed by atoms with Gasteiger partial charge in [-0.3, -0.25) is 0 Å². The molecule has 0 unspecified atom stereocenters. The number of hydrogen-bond acceptors (Lipinski definition) is 0. The fourth-order valence-electron chi connectivity index (χ4n) is 1.37. The Morgan fingerprint density at radius 2 is 2.00 bits per heavy atom. The predicted molar refractivity (Wildman–Crippen MR) is 51.9 cm³/mol. The second-order valence-electron chi connectivity index (χ2n) is 3.23. The SMILES string of the molecule is Cc1cc(Br)c(C(C)C)n1C. The Balaban J connectivity index is 3.22. The van der Waals surface area contributed by atoms with E-state index >= 15 is 0 Å². The van der Waals surface area contributed by atoms with E-state index in [2.05, 4.69) is 54.4 Å². The highest BCUT2D eigenvalue weighted by molar-refractivity contribution is 9.10. The van der Waals surface area contributed by atoms with Crippen LogP contribution in [0.25, 0.3) is 0 Å². The van der Waals surface area contributed by atoms with Crippen LogP contribution in [0.5, 0.6) is 0 Å². The zero-order valence-corrected chi connectivity index (χ0v) is 9.07. The molecule has 0 aliphatic rings. The predicted octanol–water partition coefficient (Wildman–Crippen LogP) is 3.22. The molecule has 2 heteroatoms. The molecular weight excluding hydrogens is 202 g/mol. The first-order valence-electron chi connectivity index (χ1n) is 3.85. The molecule has 0 aromatic carbocycles. The molecular formula is C9H14BrN. The minimum absolute atomic E-state index is 0.586. The molecule has 0 bridgehead atoms. The molecule has 1 rings (SSSR count). The van der Waals surface area contributed by atoms with Gasteiger partial charge in [-0.25, -0.2) is 0 Å². The topological polar surface area (TPSA) is 4.93 Å². The van der Waals surface area contributed by atoms with E-state index < -0.39 is 0 Å². The lowest BCUT2D eigenvalue weighted by molar-refractivity contribution is 0.723. The third-order valence-corrected chi connectivity index (χ3v) is 2.65. The maximum Gasteiger partial charge on any atom is 0.0389 e. The molecule has 1 heterocycles. The van der Waals surface area contributed by atoms with Crippen molar-refractivity contribution in [2.45, 2.75) is 26.7 Å². The van der Waals surface area contributed by atoms with E-state index in [4.69, 9.17) is 0 Å². The van der Waals surface area contributed by atoms with E-state index in [1.165, 1.54) is 15.9 Å². The van der Waals surface area contributed by atoms with Crippen LogP contribution in [0.4, 0.5) is 0 Å². The van der Waals surface area contributed by atoms with Crippen LogP contribution >= 0.6 is 15.9 Å². The number of aryl methyl sites for hydroxylation is 1. The third-order valence-electron chi connectivity index (χ3n) is 2.02. The second kappa shape index (κ2) is 3.02. The van der Waals surface area contributed by atoms with E-state index in [0.29, 0.717) is 5.92 Å². The zero-order valence-electron chi connectivity index (χ0n) is 7.48. The monoisotopic (exact) mass is 215 g/mol. The summed E-state index contributed by atoms with van der Waals surface area (Å²) >= 11 is 3.55. The summed E-state index contributed by atoms with van der Waals surface area (Å²) in [7, 11) is 2.11. The lowest BCUT2D eigenvalue weighted by Gasteiger charge is -2.08. The highest BCUT2D eigenvalue weighted by Gasteiger charge is 2.10. The van der Waals surface area contributed by atoms with Crippen molar-refractivity contribution in [2.24, 2.45) is 7.05 Å². The Hall–Kier alpha value is -0.240. The number of halogens is 1. The molecule has 0 aliphatic heterocycles. The smallest absolute Gasteiger partial charge is 0.0389 e. The molecule has 1 nitrogen and oxygen atoms in total. The molecule has 0 atom stereocenters. The van der Waals surface area contributed by atoms with Gasteiger partial charge in [-0.1, -0.05) is 13.8 Å². The van der Waals surface area contributed by atoms with Crippen molar-refractivity contribution in [3.8, 4) is 0 Å². The van der Waals surface area contributed by atoms with Gasteiger partial charge < -0.3 is 4.57 Å². The Morgan fingerprint density at radius 3 is 2.18 bits per heavy atom. The van der Waals surface area contributed by atoms with Crippen molar-refractivity contribution in [2.75, 3.05) is 0 Å². The maximum atomic E-state index is 3.55. The molecule has 0 saturated heterocycles. The first kappa shape index (κ1) is 8.85. The van der Waals surface area contributed by atoms with Crippen molar-refractivity contribution in [1.82, 2.24) is 4.57 Å². The molecule has 0 saturated carbocycles. The number of nitrogens with zero attached hydrogens (tertiary/aromatic N) is 1. The van der Waals surface area contributed by atoms with Crippen LogP contribution in [0.15, 0.2) is 10.5 Å². The number of aromatic nitrogens is 1. The normalized spacial score (nSPS) is 11.1. The van der Waals surface area contributed by atoms with E-state index in [-0.39, 0.29) is 0 Å².